The summed E-state index contributed by atoms with van der Waals surface area (Å²) in [6, 6.07) is 39.8. The number of allylic oxidation sites excluding steroid dienone is 1. The van der Waals surface area contributed by atoms with Gasteiger partial charge in [-0.15, -0.1) is 5.10 Å². The van der Waals surface area contributed by atoms with Crippen LogP contribution >= 0.6 is 23.2 Å². The second-order valence-corrected chi connectivity index (χ2v) is 15.4. The van der Waals surface area contributed by atoms with E-state index in [9.17, 15) is 9.59 Å². The summed E-state index contributed by atoms with van der Waals surface area (Å²) in [6.07, 6.45) is 0.712. The number of anilines is 2. The van der Waals surface area contributed by atoms with Crippen LogP contribution in [0.3, 0.4) is 0 Å². The lowest BCUT2D eigenvalue weighted by molar-refractivity contribution is -0.119. The van der Waals surface area contributed by atoms with Gasteiger partial charge < -0.3 is 15.8 Å². The fraction of sp³-hybridized carbons (Fsp3) is 0.205. The van der Waals surface area contributed by atoms with Gasteiger partial charge in [-0.25, -0.2) is 0 Å². The van der Waals surface area contributed by atoms with Gasteiger partial charge in [-0.05, 0) is 41.7 Å². The number of carbonyl (C=O) groups excluding carboxylic acids is 2. The molecule has 7 rings (SSSR count). The fourth-order valence-electron chi connectivity index (χ4n) is 7.74. The molecule has 278 valence electrons. The van der Waals surface area contributed by atoms with Crippen molar-refractivity contribution in [3.8, 4) is 5.75 Å². The fourth-order valence-corrected chi connectivity index (χ4v) is 8.25. The highest BCUT2D eigenvalue weighted by Gasteiger charge is 2.46. The minimum Gasteiger partial charge on any atom is -0.471 e. The number of hydrogen-bond acceptors (Lipinski definition) is 6. The maximum Gasteiger partial charge on any atom is 0.228 e. The molecule has 0 bridgehead atoms. The molecule has 5 aromatic carbocycles. The van der Waals surface area contributed by atoms with E-state index in [1.165, 1.54) is 0 Å². The quantitative estimate of drug-likeness (QED) is 0.0427. The number of amides is 1. The number of hydrogen-bond donors (Lipinski definition) is 3. The van der Waals surface area contributed by atoms with Crippen molar-refractivity contribution >= 4 is 52.1 Å². The molecule has 1 unspecified atom stereocenters. The van der Waals surface area contributed by atoms with E-state index in [0.29, 0.717) is 50.4 Å². The van der Waals surface area contributed by atoms with Crippen LogP contribution in [0.25, 0.3) is 0 Å². The summed E-state index contributed by atoms with van der Waals surface area (Å²) in [5, 5.41) is 11.1. The molecule has 55 heavy (non-hydrogen) atoms. The molecule has 0 saturated heterocycles. The first kappa shape index (κ1) is 37.5. The third-order valence-electron chi connectivity index (χ3n) is 10.1. The Bertz CT molecular complexity index is 2220. The van der Waals surface area contributed by atoms with Crippen molar-refractivity contribution in [2.75, 3.05) is 10.2 Å². The Morgan fingerprint density at radius 2 is 1.47 bits per heavy atom. The van der Waals surface area contributed by atoms with Crippen LogP contribution in [-0.4, -0.2) is 17.5 Å². The minimum absolute atomic E-state index is 0.0310. The zero-order chi connectivity index (χ0) is 38.7. The number of ether oxygens (including phenoxy) is 1. The monoisotopic (exact) mass is 770 g/mol. The van der Waals surface area contributed by atoms with Gasteiger partial charge in [-0.1, -0.05) is 145 Å². The molecule has 1 amide bonds. The number of nitrogens with one attached hydrogen (secondary N) is 2. The van der Waals surface area contributed by atoms with Crippen molar-refractivity contribution in [1.82, 2.24) is 0 Å². The van der Waals surface area contributed by atoms with Gasteiger partial charge in [0.25, 0.3) is 0 Å². The molecule has 1 aliphatic carbocycles. The number of nitrogens with two attached hydrogens (primary N) is 1. The van der Waals surface area contributed by atoms with Crippen LogP contribution in [0.2, 0.25) is 10.0 Å². The van der Waals surface area contributed by atoms with E-state index in [1.54, 1.807) is 23.1 Å². The van der Waals surface area contributed by atoms with Crippen molar-refractivity contribution < 1.29 is 14.3 Å². The molecule has 0 spiro atoms. The largest absolute Gasteiger partial charge is 0.471 e. The highest BCUT2D eigenvalue weighted by atomic mass is 35.5. The maximum absolute atomic E-state index is 14.8. The molecule has 0 fully saturated rings. The maximum atomic E-state index is 14.8. The van der Waals surface area contributed by atoms with Gasteiger partial charge >= 0.3 is 0 Å². The zero-order valence-corrected chi connectivity index (χ0v) is 31.9. The van der Waals surface area contributed by atoms with E-state index in [2.05, 4.69) is 29.5 Å². The van der Waals surface area contributed by atoms with E-state index in [0.717, 1.165) is 16.7 Å². The molecule has 0 aromatic heterocycles. The van der Waals surface area contributed by atoms with Crippen molar-refractivity contribution in [3.05, 3.63) is 171 Å². The van der Waals surface area contributed by atoms with Crippen LogP contribution in [0.15, 0.2) is 149 Å². The number of Topliss-reactive ketones (excluding diaryl/α,β-unsaturated/α-hetero) is 1. The summed E-state index contributed by atoms with van der Waals surface area (Å²) in [5.41, 5.74) is 16.9. The third kappa shape index (κ3) is 7.37. The number of para-hydroxylation sites is 1. The van der Waals surface area contributed by atoms with E-state index in [-0.39, 0.29) is 42.2 Å². The van der Waals surface area contributed by atoms with E-state index >= 15 is 0 Å². The van der Waals surface area contributed by atoms with Gasteiger partial charge in [0.05, 0.1) is 11.7 Å². The second kappa shape index (κ2) is 15.5. The van der Waals surface area contributed by atoms with Crippen LogP contribution in [0, 0.1) is 10.9 Å². The molecule has 0 saturated carbocycles. The molecule has 1 aliphatic heterocycles. The predicted molar refractivity (Wildman–Crippen MR) is 218 cm³/mol. The summed E-state index contributed by atoms with van der Waals surface area (Å²) in [7, 11) is 0. The predicted octanol–water partition coefficient (Wildman–Crippen LogP) is 10.6. The standard InChI is InChI=1S/C44H40Cl2N6O3/c1-43(2)26-34-40(36(53)27-43)42(32-22-21-31(45)25-33(32)46)52(39(54)24-23-38(47)50-51-48)35-19-12-20-37(41(35)49-34)55-44(28-13-6-3-7-14-28,29-15-8-4-9-16-29)30-17-10-5-11-18-30/h3-22,25,42,49H,23-24,26-27H2,1-2H3,(H3,47,48,50). The number of nitrogens with zero attached hydrogens (tertiary/aromatic N) is 3. The first-order valence-corrected chi connectivity index (χ1v) is 18.8. The van der Waals surface area contributed by atoms with Crippen molar-refractivity contribution in [2.24, 2.45) is 21.5 Å². The first-order valence-electron chi connectivity index (χ1n) is 18.0. The molecular weight excluding hydrogens is 731 g/mol. The second-order valence-electron chi connectivity index (χ2n) is 14.5. The molecule has 2 aliphatic rings. The van der Waals surface area contributed by atoms with Crippen LogP contribution in [-0.2, 0) is 15.2 Å². The van der Waals surface area contributed by atoms with Gasteiger partial charge in [0, 0.05) is 57.3 Å². The topological polar surface area (TPSA) is 133 Å². The average molecular weight is 772 g/mol. The number of ketones is 1. The summed E-state index contributed by atoms with van der Waals surface area (Å²) in [5.74, 6) is 0.0187. The number of rotatable bonds is 10. The summed E-state index contributed by atoms with van der Waals surface area (Å²) >= 11 is 13.4. The molecule has 0 radical (unpaired) electrons. The molecule has 11 heteroatoms. The molecule has 1 atom stereocenters. The smallest absolute Gasteiger partial charge is 0.228 e. The first-order chi connectivity index (χ1) is 26.5. The van der Waals surface area contributed by atoms with E-state index < -0.39 is 11.6 Å². The SMILES string of the molecule is CC1(C)CC(=O)C2=C(C1)Nc1c(OC(c3ccccc3)(c3ccccc3)c3ccccc3)cccc1N(C(=O)CCC(N)=NN=N)C2c1ccc(Cl)cc1Cl. The van der Waals surface area contributed by atoms with Crippen LogP contribution in [0.5, 0.6) is 5.75 Å². The lowest BCUT2D eigenvalue weighted by Gasteiger charge is -2.38. The van der Waals surface area contributed by atoms with Crippen molar-refractivity contribution in [1.29, 1.82) is 5.53 Å². The normalized spacial score (nSPS) is 16.7. The lowest BCUT2D eigenvalue weighted by atomic mass is 9.73. The molecule has 1 heterocycles. The Kier molecular flexibility index (Phi) is 10.6. The zero-order valence-electron chi connectivity index (χ0n) is 30.4. The number of carbonyl (C=O) groups is 2. The van der Waals surface area contributed by atoms with Crippen LogP contribution < -0.4 is 20.7 Å². The third-order valence-corrected chi connectivity index (χ3v) is 10.7. The van der Waals surface area contributed by atoms with Gasteiger partial charge in [0.15, 0.2) is 11.4 Å². The van der Waals surface area contributed by atoms with Crippen LogP contribution in [0.1, 0.15) is 67.8 Å². The van der Waals surface area contributed by atoms with Gasteiger partial charge in [0.2, 0.25) is 5.91 Å². The Hall–Kier alpha value is -5.77. The van der Waals surface area contributed by atoms with E-state index in [4.69, 9.17) is 39.2 Å². The lowest BCUT2D eigenvalue weighted by Crippen LogP contribution is -2.40. The Morgan fingerprint density at radius 1 is 0.873 bits per heavy atom. The highest BCUT2D eigenvalue weighted by Crippen LogP contribution is 2.53. The van der Waals surface area contributed by atoms with Crippen LogP contribution in [0.4, 0.5) is 11.4 Å². The molecule has 9 nitrogen and oxygen atoms in total. The number of benzene rings is 5. The van der Waals surface area contributed by atoms with Gasteiger partial charge in [0.1, 0.15) is 17.3 Å². The summed E-state index contributed by atoms with van der Waals surface area (Å²) in [4.78, 5) is 30.9. The Balaban J connectivity index is 1.51. The molecule has 5 aromatic rings. The van der Waals surface area contributed by atoms with Gasteiger partial charge in [-0.3, -0.25) is 14.5 Å². The summed E-state index contributed by atoms with van der Waals surface area (Å²) < 4.78 is 7.49. The number of fused-ring (bicyclic) bond motifs is 1. The minimum atomic E-state index is -1.15. The molecule has 4 N–H and O–H groups in total. The van der Waals surface area contributed by atoms with Crippen molar-refractivity contribution in [2.45, 2.75) is 51.2 Å². The number of amidine groups is 1. The van der Waals surface area contributed by atoms with Crippen molar-refractivity contribution in [3.63, 3.8) is 0 Å². The average Bonchev–Trinajstić information content (AvgIpc) is 3.31. The Morgan fingerprint density at radius 3 is 2.04 bits per heavy atom. The van der Waals surface area contributed by atoms with Gasteiger partial charge in [-0.2, -0.15) is 5.53 Å². The number of halogens is 2. The Labute approximate surface area is 330 Å². The molecular formula is C44H40Cl2N6O3. The van der Waals surface area contributed by atoms with E-state index in [1.807, 2.05) is 109 Å². The highest BCUT2D eigenvalue weighted by molar-refractivity contribution is 6.35. The summed E-state index contributed by atoms with van der Waals surface area (Å²) in [6.45, 7) is 4.12.